The molecule has 0 saturated heterocycles. The summed E-state index contributed by atoms with van der Waals surface area (Å²) in [5.41, 5.74) is 5.64. The third-order valence-corrected chi connectivity index (χ3v) is 3.68. The molecule has 0 aliphatic rings. The lowest BCUT2D eigenvalue weighted by atomic mass is 10.0. The monoisotopic (exact) mass is 338 g/mol. The molecule has 1 aromatic rings. The molecule has 24 heavy (non-hydrogen) atoms. The highest BCUT2D eigenvalue weighted by atomic mass is 19.2. The number of amides is 2. The predicted octanol–water partition coefficient (Wildman–Crippen LogP) is 3.00. The molecule has 0 aromatic heterocycles. The summed E-state index contributed by atoms with van der Waals surface area (Å²) < 4.78 is 26.0. The van der Waals surface area contributed by atoms with Crippen molar-refractivity contribution >= 4 is 11.8 Å². The predicted molar refractivity (Wildman–Crippen MR) is 89.1 cm³/mol. The van der Waals surface area contributed by atoms with Gasteiger partial charge in [0.2, 0.25) is 11.8 Å². The maximum atomic E-state index is 13.1. The molecule has 0 spiro atoms. The van der Waals surface area contributed by atoms with Crippen LogP contribution in [-0.2, 0) is 16.0 Å². The highest BCUT2D eigenvalue weighted by Gasteiger charge is 2.18. The van der Waals surface area contributed by atoms with Crippen molar-refractivity contribution in [1.82, 2.24) is 5.32 Å². The molecule has 0 radical (unpaired) electrons. The van der Waals surface area contributed by atoms with Gasteiger partial charge in [0, 0.05) is 0 Å². The zero-order valence-corrected chi connectivity index (χ0v) is 13.7. The van der Waals surface area contributed by atoms with Crippen LogP contribution in [0.3, 0.4) is 0 Å². The summed E-state index contributed by atoms with van der Waals surface area (Å²) >= 11 is 0. The Hall–Kier alpha value is -2.24. The van der Waals surface area contributed by atoms with Gasteiger partial charge < -0.3 is 11.1 Å². The lowest BCUT2D eigenvalue weighted by Crippen LogP contribution is -2.45. The first-order valence-electron chi connectivity index (χ1n) is 8.07. The van der Waals surface area contributed by atoms with Crippen molar-refractivity contribution < 1.29 is 18.4 Å². The summed E-state index contributed by atoms with van der Waals surface area (Å²) in [4.78, 5) is 23.4. The van der Waals surface area contributed by atoms with Crippen LogP contribution in [0, 0.1) is 11.6 Å². The number of rotatable bonds is 11. The van der Waals surface area contributed by atoms with Gasteiger partial charge in [0.25, 0.3) is 0 Å². The van der Waals surface area contributed by atoms with E-state index in [9.17, 15) is 18.4 Å². The van der Waals surface area contributed by atoms with Gasteiger partial charge in [0.1, 0.15) is 6.04 Å². The smallest absolute Gasteiger partial charge is 0.239 e. The lowest BCUT2D eigenvalue weighted by molar-refractivity contribution is -0.127. The van der Waals surface area contributed by atoms with E-state index in [0.717, 1.165) is 44.2 Å². The van der Waals surface area contributed by atoms with Gasteiger partial charge in [-0.05, 0) is 37.0 Å². The van der Waals surface area contributed by atoms with Crippen molar-refractivity contribution in [2.45, 2.75) is 51.0 Å². The van der Waals surface area contributed by atoms with Gasteiger partial charge in [-0.2, -0.15) is 0 Å². The summed E-state index contributed by atoms with van der Waals surface area (Å²) in [6.45, 7) is 3.65. The second-order valence-electron chi connectivity index (χ2n) is 5.73. The topological polar surface area (TPSA) is 72.2 Å². The largest absolute Gasteiger partial charge is 0.368 e. The van der Waals surface area contributed by atoms with E-state index in [-0.39, 0.29) is 6.42 Å². The Labute approximate surface area is 141 Å². The molecule has 0 saturated carbocycles. The Kier molecular flexibility index (Phi) is 8.68. The third kappa shape index (κ3) is 7.35. The fraction of sp³-hybridized carbons (Fsp3) is 0.444. The van der Waals surface area contributed by atoms with Gasteiger partial charge in [0.05, 0.1) is 6.42 Å². The van der Waals surface area contributed by atoms with Crippen molar-refractivity contribution in [3.05, 3.63) is 48.1 Å². The van der Waals surface area contributed by atoms with Crippen LogP contribution in [0.2, 0.25) is 0 Å². The molecular weight excluding hydrogens is 314 g/mol. The molecule has 6 heteroatoms. The number of allylic oxidation sites excluding steroid dienone is 1. The average Bonchev–Trinajstić information content (AvgIpc) is 2.53. The molecule has 4 nitrogen and oxygen atoms in total. The van der Waals surface area contributed by atoms with Crippen molar-refractivity contribution in [2.75, 3.05) is 0 Å². The van der Waals surface area contributed by atoms with Gasteiger partial charge in [-0.1, -0.05) is 31.4 Å². The van der Waals surface area contributed by atoms with E-state index in [1.807, 2.05) is 6.08 Å². The molecule has 3 N–H and O–H groups in total. The Morgan fingerprint density at radius 1 is 1.17 bits per heavy atom. The summed E-state index contributed by atoms with van der Waals surface area (Å²) in [5.74, 6) is -3.02. The highest BCUT2D eigenvalue weighted by Crippen LogP contribution is 2.10. The quantitative estimate of drug-likeness (QED) is 0.481. The average molecular weight is 338 g/mol. The van der Waals surface area contributed by atoms with E-state index in [2.05, 4.69) is 11.9 Å². The maximum absolute atomic E-state index is 13.1. The minimum atomic E-state index is -1.01. The second kappa shape index (κ2) is 10.5. The van der Waals surface area contributed by atoms with E-state index in [4.69, 9.17) is 5.73 Å². The van der Waals surface area contributed by atoms with Gasteiger partial charge in [-0.25, -0.2) is 8.78 Å². The first-order valence-corrected chi connectivity index (χ1v) is 8.07. The first kappa shape index (κ1) is 19.8. The van der Waals surface area contributed by atoms with E-state index in [0.29, 0.717) is 12.0 Å². The molecule has 0 fully saturated rings. The van der Waals surface area contributed by atoms with E-state index in [1.54, 1.807) is 0 Å². The Balaban J connectivity index is 2.43. The number of hydrogen-bond acceptors (Lipinski definition) is 2. The fourth-order valence-corrected chi connectivity index (χ4v) is 2.36. The van der Waals surface area contributed by atoms with Gasteiger partial charge in [-0.15, -0.1) is 6.58 Å². The third-order valence-electron chi connectivity index (χ3n) is 3.68. The Bertz CT molecular complexity index is 576. The van der Waals surface area contributed by atoms with Gasteiger partial charge >= 0.3 is 0 Å². The molecule has 0 unspecified atom stereocenters. The van der Waals surface area contributed by atoms with Crippen molar-refractivity contribution in [3.8, 4) is 0 Å². The van der Waals surface area contributed by atoms with E-state index < -0.39 is 29.5 Å². The van der Waals surface area contributed by atoms with Crippen LogP contribution in [0.25, 0.3) is 0 Å². The van der Waals surface area contributed by atoms with Gasteiger partial charge in [0.15, 0.2) is 11.6 Å². The molecule has 0 heterocycles. The number of primary amides is 1. The van der Waals surface area contributed by atoms with E-state index >= 15 is 0 Å². The minimum Gasteiger partial charge on any atom is -0.368 e. The van der Waals surface area contributed by atoms with Crippen molar-refractivity contribution in [3.63, 3.8) is 0 Å². The number of carbonyl (C=O) groups is 2. The molecule has 1 atom stereocenters. The molecule has 132 valence electrons. The number of nitrogens with two attached hydrogens (primary N) is 1. The second-order valence-corrected chi connectivity index (χ2v) is 5.73. The van der Waals surface area contributed by atoms with Crippen LogP contribution >= 0.6 is 0 Å². The zero-order valence-electron chi connectivity index (χ0n) is 13.7. The summed E-state index contributed by atoms with van der Waals surface area (Å²) in [6, 6.07) is 2.51. The molecule has 0 aliphatic carbocycles. The highest BCUT2D eigenvalue weighted by molar-refractivity contribution is 5.87. The van der Waals surface area contributed by atoms with Crippen LogP contribution in [0.5, 0.6) is 0 Å². The molecule has 1 rings (SSSR count). The van der Waals surface area contributed by atoms with Crippen molar-refractivity contribution in [2.24, 2.45) is 5.73 Å². The van der Waals surface area contributed by atoms with Crippen LogP contribution in [0.1, 0.15) is 44.1 Å². The first-order chi connectivity index (χ1) is 11.4. The minimum absolute atomic E-state index is 0.139. The summed E-state index contributed by atoms with van der Waals surface area (Å²) in [5, 5.41) is 2.56. The fourth-order valence-electron chi connectivity index (χ4n) is 2.36. The number of halogens is 2. The SMILES string of the molecule is C=CCCCCCC[C@H](NC(=O)Cc1ccc(F)c(F)c1)C(N)=O. The molecule has 1 aromatic carbocycles. The number of carbonyl (C=O) groups excluding carboxylic acids is 2. The van der Waals surface area contributed by atoms with Crippen LogP contribution in [0.15, 0.2) is 30.9 Å². The van der Waals surface area contributed by atoms with Crippen LogP contribution in [-0.4, -0.2) is 17.9 Å². The molecule has 0 bridgehead atoms. The summed E-state index contributed by atoms with van der Waals surface area (Å²) in [6.07, 6.45) is 6.95. The number of benzene rings is 1. The zero-order chi connectivity index (χ0) is 17.9. The van der Waals surface area contributed by atoms with Gasteiger partial charge in [-0.3, -0.25) is 9.59 Å². The Morgan fingerprint density at radius 2 is 1.88 bits per heavy atom. The maximum Gasteiger partial charge on any atom is 0.239 e. The summed E-state index contributed by atoms with van der Waals surface area (Å²) in [7, 11) is 0. The number of hydrogen-bond donors (Lipinski definition) is 2. The number of unbranched alkanes of at least 4 members (excludes halogenated alkanes) is 4. The molecular formula is C18H24F2N2O2. The molecule has 0 aliphatic heterocycles. The molecule has 2 amide bonds. The van der Waals surface area contributed by atoms with E-state index in [1.165, 1.54) is 6.07 Å². The normalized spacial score (nSPS) is 11.8. The van der Waals surface area contributed by atoms with Crippen LogP contribution in [0.4, 0.5) is 8.78 Å². The standard InChI is InChI=1S/C18H24F2N2O2/c1-2-3-4-5-6-7-8-16(18(21)24)22-17(23)12-13-9-10-14(19)15(20)11-13/h2,9-11,16H,1,3-8,12H2,(H2,21,24)(H,22,23)/t16-/m0/s1. The van der Waals surface area contributed by atoms with Crippen molar-refractivity contribution in [1.29, 1.82) is 0 Å². The number of nitrogens with one attached hydrogen (secondary N) is 1. The lowest BCUT2D eigenvalue weighted by Gasteiger charge is -2.15. The Morgan fingerprint density at radius 3 is 2.50 bits per heavy atom. The van der Waals surface area contributed by atoms with Crippen LogP contribution < -0.4 is 11.1 Å².